The SMILES string of the molecule is Cc1ccnn1-c1ccc(C(=O)OCC(=O)N[C@@H]2CCCC[C@@H]2C)cc1. The predicted octanol–water partition coefficient (Wildman–Crippen LogP) is 3.03. The molecule has 1 aliphatic carbocycles. The van der Waals surface area contributed by atoms with Crippen molar-refractivity contribution in [3.05, 3.63) is 47.8 Å². The Morgan fingerprint density at radius 2 is 1.92 bits per heavy atom. The first-order chi connectivity index (χ1) is 12.5. The lowest BCUT2D eigenvalue weighted by atomic mass is 9.86. The lowest BCUT2D eigenvalue weighted by Crippen LogP contribution is -2.42. The minimum Gasteiger partial charge on any atom is -0.452 e. The van der Waals surface area contributed by atoms with Crippen molar-refractivity contribution >= 4 is 11.9 Å². The highest BCUT2D eigenvalue weighted by Gasteiger charge is 2.23. The molecule has 1 saturated carbocycles. The fourth-order valence-electron chi connectivity index (χ4n) is 3.37. The molecule has 6 heteroatoms. The van der Waals surface area contributed by atoms with Crippen molar-refractivity contribution in [2.75, 3.05) is 6.61 Å². The smallest absolute Gasteiger partial charge is 0.338 e. The summed E-state index contributed by atoms with van der Waals surface area (Å²) in [5, 5.41) is 7.21. The minimum atomic E-state index is -0.499. The number of nitrogens with one attached hydrogen (secondary N) is 1. The topological polar surface area (TPSA) is 73.2 Å². The normalized spacial score (nSPS) is 19.8. The number of rotatable bonds is 5. The van der Waals surface area contributed by atoms with Gasteiger partial charge in [-0.3, -0.25) is 4.79 Å². The molecule has 0 unspecified atom stereocenters. The monoisotopic (exact) mass is 355 g/mol. The maximum atomic E-state index is 12.1. The average Bonchev–Trinajstić information content (AvgIpc) is 3.08. The van der Waals surface area contributed by atoms with Crippen molar-refractivity contribution in [2.45, 2.75) is 45.6 Å². The lowest BCUT2D eigenvalue weighted by molar-refractivity contribution is -0.125. The van der Waals surface area contributed by atoms with Gasteiger partial charge in [-0.05, 0) is 56.0 Å². The summed E-state index contributed by atoms with van der Waals surface area (Å²) < 4.78 is 6.93. The fourth-order valence-corrected chi connectivity index (χ4v) is 3.37. The van der Waals surface area contributed by atoms with Crippen LogP contribution in [0.4, 0.5) is 0 Å². The van der Waals surface area contributed by atoms with Crippen LogP contribution < -0.4 is 5.32 Å². The summed E-state index contributed by atoms with van der Waals surface area (Å²) >= 11 is 0. The maximum absolute atomic E-state index is 12.1. The van der Waals surface area contributed by atoms with Gasteiger partial charge in [0.15, 0.2) is 6.61 Å². The van der Waals surface area contributed by atoms with E-state index in [1.54, 1.807) is 35.1 Å². The second-order valence-corrected chi connectivity index (χ2v) is 6.94. The Labute approximate surface area is 153 Å². The molecule has 26 heavy (non-hydrogen) atoms. The van der Waals surface area contributed by atoms with Gasteiger partial charge in [-0.25, -0.2) is 9.48 Å². The zero-order valence-electron chi connectivity index (χ0n) is 15.3. The van der Waals surface area contributed by atoms with Gasteiger partial charge in [0.25, 0.3) is 5.91 Å². The number of aromatic nitrogens is 2. The van der Waals surface area contributed by atoms with Crippen molar-refractivity contribution in [3.63, 3.8) is 0 Å². The van der Waals surface area contributed by atoms with E-state index in [0.29, 0.717) is 11.5 Å². The highest BCUT2D eigenvalue weighted by atomic mass is 16.5. The maximum Gasteiger partial charge on any atom is 0.338 e. The van der Waals surface area contributed by atoms with Gasteiger partial charge in [0, 0.05) is 17.9 Å². The molecule has 0 saturated heterocycles. The van der Waals surface area contributed by atoms with Crippen LogP contribution >= 0.6 is 0 Å². The van der Waals surface area contributed by atoms with E-state index >= 15 is 0 Å². The number of hydrogen-bond donors (Lipinski definition) is 1. The molecule has 1 amide bonds. The molecule has 1 aromatic carbocycles. The average molecular weight is 355 g/mol. The Kier molecular flexibility index (Phi) is 5.71. The summed E-state index contributed by atoms with van der Waals surface area (Å²) in [5.74, 6) is -0.261. The quantitative estimate of drug-likeness (QED) is 0.837. The molecule has 1 heterocycles. The number of carbonyl (C=O) groups is 2. The lowest BCUT2D eigenvalue weighted by Gasteiger charge is -2.29. The van der Waals surface area contributed by atoms with E-state index in [-0.39, 0.29) is 18.6 Å². The van der Waals surface area contributed by atoms with Crippen LogP contribution in [0, 0.1) is 12.8 Å². The fraction of sp³-hybridized carbons (Fsp3) is 0.450. The number of nitrogens with zero attached hydrogens (tertiary/aromatic N) is 2. The van der Waals surface area contributed by atoms with Crippen molar-refractivity contribution in [1.29, 1.82) is 0 Å². The van der Waals surface area contributed by atoms with E-state index in [4.69, 9.17) is 4.74 Å². The molecule has 2 atom stereocenters. The Hall–Kier alpha value is -2.63. The molecular weight excluding hydrogens is 330 g/mol. The van der Waals surface area contributed by atoms with Gasteiger partial charge >= 0.3 is 5.97 Å². The summed E-state index contributed by atoms with van der Waals surface area (Å²) in [7, 11) is 0. The highest BCUT2D eigenvalue weighted by molar-refractivity contribution is 5.91. The molecule has 0 spiro atoms. The van der Waals surface area contributed by atoms with Crippen LogP contribution in [-0.2, 0) is 9.53 Å². The van der Waals surface area contributed by atoms with E-state index in [1.165, 1.54) is 6.42 Å². The molecule has 6 nitrogen and oxygen atoms in total. The Balaban J connectivity index is 1.51. The van der Waals surface area contributed by atoms with Gasteiger partial charge in [-0.1, -0.05) is 19.8 Å². The summed E-state index contributed by atoms with van der Waals surface area (Å²) in [6.07, 6.45) is 6.21. The van der Waals surface area contributed by atoms with Crippen molar-refractivity contribution in [2.24, 2.45) is 5.92 Å². The summed E-state index contributed by atoms with van der Waals surface area (Å²) in [6, 6.07) is 9.07. The largest absolute Gasteiger partial charge is 0.452 e. The third kappa shape index (κ3) is 4.31. The van der Waals surface area contributed by atoms with Crippen LogP contribution in [0.25, 0.3) is 5.69 Å². The van der Waals surface area contributed by atoms with Crippen molar-refractivity contribution < 1.29 is 14.3 Å². The van der Waals surface area contributed by atoms with Crippen molar-refractivity contribution in [3.8, 4) is 5.69 Å². The first-order valence-electron chi connectivity index (χ1n) is 9.12. The van der Waals surface area contributed by atoms with Crippen LogP contribution in [0.15, 0.2) is 36.5 Å². The van der Waals surface area contributed by atoms with E-state index in [0.717, 1.165) is 30.6 Å². The third-order valence-corrected chi connectivity index (χ3v) is 4.97. The van der Waals surface area contributed by atoms with Crippen LogP contribution in [0.2, 0.25) is 0 Å². The second kappa shape index (κ2) is 8.17. The Morgan fingerprint density at radius 3 is 2.58 bits per heavy atom. The molecule has 2 aromatic rings. The number of hydrogen-bond acceptors (Lipinski definition) is 4. The van der Waals surface area contributed by atoms with Crippen LogP contribution in [0.5, 0.6) is 0 Å². The Bertz CT molecular complexity index is 767. The third-order valence-electron chi connectivity index (χ3n) is 4.97. The molecule has 1 aliphatic rings. The summed E-state index contributed by atoms with van der Waals surface area (Å²) in [4.78, 5) is 24.2. The molecule has 138 valence electrons. The number of benzene rings is 1. The highest BCUT2D eigenvalue weighted by Crippen LogP contribution is 2.23. The van der Waals surface area contributed by atoms with Gasteiger partial charge in [0.1, 0.15) is 0 Å². The molecule has 0 radical (unpaired) electrons. The zero-order chi connectivity index (χ0) is 18.5. The van der Waals surface area contributed by atoms with E-state index in [9.17, 15) is 9.59 Å². The molecule has 1 N–H and O–H groups in total. The predicted molar refractivity (Wildman–Crippen MR) is 98.1 cm³/mol. The van der Waals surface area contributed by atoms with Crippen LogP contribution in [-0.4, -0.2) is 34.3 Å². The van der Waals surface area contributed by atoms with Gasteiger partial charge in [-0.2, -0.15) is 5.10 Å². The van der Waals surface area contributed by atoms with Gasteiger partial charge in [-0.15, -0.1) is 0 Å². The zero-order valence-corrected chi connectivity index (χ0v) is 15.3. The van der Waals surface area contributed by atoms with Gasteiger partial charge in [0.2, 0.25) is 0 Å². The van der Waals surface area contributed by atoms with Gasteiger partial charge in [0.05, 0.1) is 11.3 Å². The first kappa shape index (κ1) is 18.2. The van der Waals surface area contributed by atoms with Crippen molar-refractivity contribution in [1.82, 2.24) is 15.1 Å². The minimum absolute atomic E-state index is 0.187. The van der Waals surface area contributed by atoms with Crippen LogP contribution in [0.1, 0.15) is 48.7 Å². The van der Waals surface area contributed by atoms with E-state index in [2.05, 4.69) is 17.3 Å². The van der Waals surface area contributed by atoms with E-state index in [1.807, 2.05) is 13.0 Å². The number of ether oxygens (including phenoxy) is 1. The molecule has 1 aromatic heterocycles. The number of amides is 1. The Morgan fingerprint density at radius 1 is 1.19 bits per heavy atom. The molecule has 3 rings (SSSR count). The van der Waals surface area contributed by atoms with Crippen LogP contribution in [0.3, 0.4) is 0 Å². The number of esters is 1. The second-order valence-electron chi connectivity index (χ2n) is 6.94. The van der Waals surface area contributed by atoms with Gasteiger partial charge < -0.3 is 10.1 Å². The van der Waals surface area contributed by atoms with E-state index < -0.39 is 5.97 Å². The number of aryl methyl sites for hydroxylation is 1. The standard InChI is InChI=1S/C20H25N3O3/c1-14-5-3-4-6-18(14)22-19(24)13-26-20(25)16-7-9-17(10-8-16)23-15(2)11-12-21-23/h7-12,14,18H,3-6,13H2,1-2H3,(H,22,24)/t14-,18+/m0/s1. The molecule has 0 bridgehead atoms. The summed E-state index contributed by atoms with van der Waals surface area (Å²) in [5.41, 5.74) is 2.29. The molecular formula is C20H25N3O3. The number of carbonyl (C=O) groups excluding carboxylic acids is 2. The molecule has 0 aliphatic heterocycles. The molecule has 1 fully saturated rings. The summed E-state index contributed by atoms with van der Waals surface area (Å²) in [6.45, 7) is 3.86. The first-order valence-corrected chi connectivity index (χ1v) is 9.12.